The summed E-state index contributed by atoms with van der Waals surface area (Å²) in [5.41, 5.74) is 0. The molecule has 10 heavy (non-hydrogen) atoms. The number of carbonyl (C=O) groups is 1. The Bertz CT molecular complexity index is 130. The average molecular weight is 143 g/mol. The van der Waals surface area contributed by atoms with E-state index in [1.54, 1.807) is 6.08 Å². The molecule has 0 aliphatic carbocycles. The molecule has 0 radical (unpaired) electrons. The zero-order chi connectivity index (χ0) is 7.98. The van der Waals surface area contributed by atoms with Crippen LogP contribution in [0.15, 0.2) is 12.2 Å². The first kappa shape index (κ1) is 9.17. The van der Waals surface area contributed by atoms with Crippen molar-refractivity contribution in [1.82, 2.24) is 4.90 Å². The van der Waals surface area contributed by atoms with Crippen molar-refractivity contribution in [3.05, 3.63) is 12.2 Å². The summed E-state index contributed by atoms with van der Waals surface area (Å²) in [5, 5.41) is 8.18. The normalized spacial score (nSPS) is 11.1. The molecular weight excluding hydrogens is 130 g/mol. The second kappa shape index (κ2) is 4.99. The number of hydrogen-bond donors (Lipinski definition) is 1. The third kappa shape index (κ3) is 7.17. The van der Waals surface area contributed by atoms with Crippen molar-refractivity contribution in [2.75, 3.05) is 20.6 Å². The number of rotatable bonds is 4. The highest BCUT2D eigenvalue weighted by atomic mass is 16.4. The van der Waals surface area contributed by atoms with E-state index in [2.05, 4.69) is 0 Å². The average Bonchev–Trinajstić information content (AvgIpc) is 1.79. The standard InChI is InChI=1S/C7H13NO2/c1-8(2)6-4-3-5-7(9)10/h3,5H,4,6H2,1-2H3,(H,9,10)/b5-3-. The lowest BCUT2D eigenvalue weighted by Gasteiger charge is -2.04. The lowest BCUT2D eigenvalue weighted by atomic mass is 10.3. The largest absolute Gasteiger partial charge is 0.478 e. The summed E-state index contributed by atoms with van der Waals surface area (Å²) in [7, 11) is 3.91. The van der Waals surface area contributed by atoms with E-state index in [9.17, 15) is 4.79 Å². The van der Waals surface area contributed by atoms with E-state index in [1.165, 1.54) is 6.08 Å². The Morgan fingerprint density at radius 2 is 2.20 bits per heavy atom. The smallest absolute Gasteiger partial charge is 0.327 e. The molecule has 3 heteroatoms. The molecule has 58 valence electrons. The number of aliphatic carboxylic acids is 1. The maximum atomic E-state index is 9.94. The van der Waals surface area contributed by atoms with Crippen LogP contribution in [0.2, 0.25) is 0 Å². The van der Waals surface area contributed by atoms with Crippen LogP contribution in [-0.2, 0) is 4.79 Å². The summed E-state index contributed by atoms with van der Waals surface area (Å²) in [5.74, 6) is -0.876. The molecule has 0 aliphatic heterocycles. The Labute approximate surface area is 61.0 Å². The molecule has 0 saturated carbocycles. The van der Waals surface area contributed by atoms with Gasteiger partial charge in [0.15, 0.2) is 0 Å². The molecule has 0 rings (SSSR count). The molecule has 0 unspecified atom stereocenters. The fourth-order valence-electron chi connectivity index (χ4n) is 0.517. The van der Waals surface area contributed by atoms with Crippen molar-refractivity contribution in [3.8, 4) is 0 Å². The van der Waals surface area contributed by atoms with Crippen LogP contribution < -0.4 is 0 Å². The Balaban J connectivity index is 3.27. The Hall–Kier alpha value is -0.830. The summed E-state index contributed by atoms with van der Waals surface area (Å²) in [4.78, 5) is 11.9. The van der Waals surface area contributed by atoms with Crippen molar-refractivity contribution in [2.45, 2.75) is 6.42 Å². The van der Waals surface area contributed by atoms with Gasteiger partial charge in [-0.05, 0) is 20.5 Å². The summed E-state index contributed by atoms with van der Waals surface area (Å²) in [6.07, 6.45) is 3.62. The van der Waals surface area contributed by atoms with Crippen molar-refractivity contribution < 1.29 is 9.90 Å². The van der Waals surface area contributed by atoms with Crippen LogP contribution in [0.1, 0.15) is 6.42 Å². The van der Waals surface area contributed by atoms with Crippen LogP contribution in [-0.4, -0.2) is 36.6 Å². The molecular formula is C7H13NO2. The second-order valence-electron chi connectivity index (χ2n) is 2.33. The summed E-state index contributed by atoms with van der Waals surface area (Å²) in [6.45, 7) is 0.893. The van der Waals surface area contributed by atoms with E-state index >= 15 is 0 Å². The van der Waals surface area contributed by atoms with Gasteiger partial charge in [0, 0.05) is 12.6 Å². The first-order chi connectivity index (χ1) is 4.63. The highest BCUT2D eigenvalue weighted by molar-refractivity contribution is 5.79. The SMILES string of the molecule is CN(C)CC/C=C\C(=O)O. The topological polar surface area (TPSA) is 40.5 Å². The highest BCUT2D eigenvalue weighted by Crippen LogP contribution is 1.84. The molecule has 0 aromatic heterocycles. The van der Waals surface area contributed by atoms with Gasteiger partial charge < -0.3 is 10.0 Å². The molecule has 0 bridgehead atoms. The van der Waals surface area contributed by atoms with Crippen molar-refractivity contribution in [3.63, 3.8) is 0 Å². The molecule has 0 aromatic rings. The molecule has 0 atom stereocenters. The molecule has 1 N–H and O–H groups in total. The van der Waals surface area contributed by atoms with Crippen LogP contribution in [0.5, 0.6) is 0 Å². The first-order valence-electron chi connectivity index (χ1n) is 3.17. The minimum Gasteiger partial charge on any atom is -0.478 e. The van der Waals surface area contributed by atoms with Gasteiger partial charge in [-0.3, -0.25) is 0 Å². The molecule has 3 nitrogen and oxygen atoms in total. The maximum absolute atomic E-state index is 9.94. The van der Waals surface area contributed by atoms with Crippen molar-refractivity contribution in [2.24, 2.45) is 0 Å². The van der Waals surface area contributed by atoms with Gasteiger partial charge in [0.05, 0.1) is 0 Å². The number of carboxylic acid groups (broad SMARTS) is 1. The van der Waals surface area contributed by atoms with E-state index < -0.39 is 5.97 Å². The number of carboxylic acids is 1. The third-order valence-corrected chi connectivity index (χ3v) is 1.00. The maximum Gasteiger partial charge on any atom is 0.327 e. The Kier molecular flexibility index (Phi) is 4.58. The van der Waals surface area contributed by atoms with Crippen molar-refractivity contribution >= 4 is 5.97 Å². The third-order valence-electron chi connectivity index (χ3n) is 1.00. The molecule has 0 aliphatic rings. The van der Waals surface area contributed by atoms with Crippen LogP contribution in [0.25, 0.3) is 0 Å². The van der Waals surface area contributed by atoms with E-state index in [0.29, 0.717) is 0 Å². The van der Waals surface area contributed by atoms with E-state index in [1.807, 2.05) is 19.0 Å². The zero-order valence-electron chi connectivity index (χ0n) is 6.37. The van der Waals surface area contributed by atoms with Crippen LogP contribution in [0.4, 0.5) is 0 Å². The van der Waals surface area contributed by atoms with Gasteiger partial charge in [0.25, 0.3) is 0 Å². The second-order valence-corrected chi connectivity index (χ2v) is 2.33. The van der Waals surface area contributed by atoms with Crippen LogP contribution >= 0.6 is 0 Å². The first-order valence-corrected chi connectivity index (χ1v) is 3.17. The van der Waals surface area contributed by atoms with Gasteiger partial charge >= 0.3 is 5.97 Å². The van der Waals surface area contributed by atoms with Gasteiger partial charge in [0.1, 0.15) is 0 Å². The lowest BCUT2D eigenvalue weighted by molar-refractivity contribution is -0.131. The van der Waals surface area contributed by atoms with Crippen LogP contribution in [0, 0.1) is 0 Å². The predicted molar refractivity (Wildman–Crippen MR) is 39.9 cm³/mol. The lowest BCUT2D eigenvalue weighted by Crippen LogP contribution is -2.11. The number of nitrogens with zero attached hydrogens (tertiary/aromatic N) is 1. The monoisotopic (exact) mass is 143 g/mol. The molecule has 0 aromatic carbocycles. The Morgan fingerprint density at radius 3 is 2.60 bits per heavy atom. The Morgan fingerprint density at radius 1 is 1.60 bits per heavy atom. The fraction of sp³-hybridized carbons (Fsp3) is 0.571. The molecule has 0 saturated heterocycles. The van der Waals surface area contributed by atoms with E-state index in [-0.39, 0.29) is 0 Å². The molecule has 0 spiro atoms. The van der Waals surface area contributed by atoms with Gasteiger partial charge in [-0.1, -0.05) is 6.08 Å². The molecule has 0 heterocycles. The molecule has 0 fully saturated rings. The predicted octanol–water partition coefficient (Wildman–Crippen LogP) is 0.579. The highest BCUT2D eigenvalue weighted by Gasteiger charge is 1.87. The summed E-state index contributed by atoms with van der Waals surface area (Å²) >= 11 is 0. The minimum absolute atomic E-state index is 0.791. The number of hydrogen-bond acceptors (Lipinski definition) is 2. The quantitative estimate of drug-likeness (QED) is 0.585. The van der Waals surface area contributed by atoms with E-state index in [0.717, 1.165) is 13.0 Å². The van der Waals surface area contributed by atoms with Gasteiger partial charge in [0.2, 0.25) is 0 Å². The van der Waals surface area contributed by atoms with Gasteiger partial charge in [-0.25, -0.2) is 4.79 Å². The minimum atomic E-state index is -0.876. The van der Waals surface area contributed by atoms with Gasteiger partial charge in [-0.2, -0.15) is 0 Å². The van der Waals surface area contributed by atoms with Crippen molar-refractivity contribution in [1.29, 1.82) is 0 Å². The summed E-state index contributed by atoms with van der Waals surface area (Å²) in [6, 6.07) is 0. The van der Waals surface area contributed by atoms with Gasteiger partial charge in [-0.15, -0.1) is 0 Å². The zero-order valence-corrected chi connectivity index (χ0v) is 6.37. The van der Waals surface area contributed by atoms with E-state index in [4.69, 9.17) is 5.11 Å². The molecule has 0 amide bonds. The fourth-order valence-corrected chi connectivity index (χ4v) is 0.517. The summed E-state index contributed by atoms with van der Waals surface area (Å²) < 4.78 is 0. The van der Waals surface area contributed by atoms with Crippen LogP contribution in [0.3, 0.4) is 0 Å².